The first-order valence-electron chi connectivity index (χ1n) is 7.78. The van der Waals surface area contributed by atoms with E-state index in [0.29, 0.717) is 0 Å². The van der Waals surface area contributed by atoms with Crippen molar-refractivity contribution in [2.24, 2.45) is 0 Å². The van der Waals surface area contributed by atoms with Crippen molar-refractivity contribution in [3.8, 4) is 0 Å². The molecule has 9 heteroatoms. The molecule has 1 aromatic carbocycles. The van der Waals surface area contributed by atoms with Crippen LogP contribution in [0.3, 0.4) is 0 Å². The Morgan fingerprint density at radius 2 is 2.04 bits per heavy atom. The number of hydrogen-bond acceptors (Lipinski definition) is 7. The average molecular weight is 373 g/mol. The predicted octanol–water partition coefficient (Wildman–Crippen LogP) is 1.41. The molecule has 1 aliphatic rings. The Balaban J connectivity index is 1.93. The molecule has 0 aromatic heterocycles. The van der Waals surface area contributed by atoms with Crippen molar-refractivity contribution in [1.82, 2.24) is 5.32 Å². The third-order valence-electron chi connectivity index (χ3n) is 3.46. The summed E-state index contributed by atoms with van der Waals surface area (Å²) in [6, 6.07) is 8.46. The molecule has 8 nitrogen and oxygen atoms in total. The SMILES string of the molecule is CC1(C)OCC(C(COS(C)(=O)=O)NC(=O)OCc2ccccc2)O1. The summed E-state index contributed by atoms with van der Waals surface area (Å²) < 4.78 is 43.6. The first kappa shape index (κ1) is 19.6. The van der Waals surface area contributed by atoms with Crippen LogP contribution in [0.1, 0.15) is 19.4 Å². The van der Waals surface area contributed by atoms with Crippen LogP contribution >= 0.6 is 0 Å². The molecule has 1 N–H and O–H groups in total. The lowest BCUT2D eigenvalue weighted by molar-refractivity contribution is -0.142. The summed E-state index contributed by atoms with van der Waals surface area (Å²) in [6.07, 6.45) is -0.312. The van der Waals surface area contributed by atoms with Gasteiger partial charge in [-0.25, -0.2) is 4.79 Å². The fraction of sp³-hybridized carbons (Fsp3) is 0.562. The number of rotatable bonds is 7. The molecule has 140 valence electrons. The number of carbonyl (C=O) groups is 1. The molecule has 0 spiro atoms. The lowest BCUT2D eigenvalue weighted by Gasteiger charge is -2.24. The molecule has 0 radical (unpaired) electrons. The highest BCUT2D eigenvalue weighted by Gasteiger charge is 2.38. The molecule has 1 amide bonds. The Bertz CT molecular complexity index is 675. The number of ether oxygens (including phenoxy) is 3. The highest BCUT2D eigenvalue weighted by atomic mass is 32.2. The number of carbonyl (C=O) groups excluding carboxylic acids is 1. The molecular formula is C16H23NO7S. The lowest BCUT2D eigenvalue weighted by atomic mass is 10.2. The Kier molecular flexibility index (Phi) is 6.39. The number of nitrogens with one attached hydrogen (secondary N) is 1. The van der Waals surface area contributed by atoms with Crippen LogP contribution in [0.2, 0.25) is 0 Å². The van der Waals surface area contributed by atoms with E-state index in [-0.39, 0.29) is 19.8 Å². The average Bonchev–Trinajstić information content (AvgIpc) is 2.89. The van der Waals surface area contributed by atoms with Crippen LogP contribution in [-0.2, 0) is 35.1 Å². The molecule has 1 heterocycles. The van der Waals surface area contributed by atoms with Crippen molar-refractivity contribution in [2.45, 2.75) is 38.4 Å². The highest BCUT2D eigenvalue weighted by Crippen LogP contribution is 2.24. The van der Waals surface area contributed by atoms with E-state index in [1.165, 1.54) is 0 Å². The second kappa shape index (κ2) is 8.13. The van der Waals surface area contributed by atoms with Gasteiger partial charge in [-0.05, 0) is 19.4 Å². The minimum atomic E-state index is -3.66. The van der Waals surface area contributed by atoms with E-state index in [9.17, 15) is 13.2 Å². The van der Waals surface area contributed by atoms with Gasteiger partial charge in [0, 0.05) is 0 Å². The topological polar surface area (TPSA) is 100 Å². The van der Waals surface area contributed by atoms with Crippen molar-refractivity contribution in [3.05, 3.63) is 35.9 Å². The molecule has 0 bridgehead atoms. The molecule has 1 fully saturated rings. The zero-order valence-corrected chi connectivity index (χ0v) is 15.2. The summed E-state index contributed by atoms with van der Waals surface area (Å²) in [4.78, 5) is 12.0. The van der Waals surface area contributed by atoms with Crippen LogP contribution in [0.25, 0.3) is 0 Å². The smallest absolute Gasteiger partial charge is 0.407 e. The molecule has 2 unspecified atom stereocenters. The van der Waals surface area contributed by atoms with E-state index in [1.54, 1.807) is 13.8 Å². The van der Waals surface area contributed by atoms with E-state index >= 15 is 0 Å². The largest absolute Gasteiger partial charge is 0.445 e. The van der Waals surface area contributed by atoms with Crippen LogP contribution in [0.15, 0.2) is 30.3 Å². The second-order valence-corrected chi connectivity index (χ2v) is 7.81. The quantitative estimate of drug-likeness (QED) is 0.721. The van der Waals surface area contributed by atoms with Gasteiger partial charge in [0.2, 0.25) is 0 Å². The van der Waals surface area contributed by atoms with Gasteiger partial charge in [-0.2, -0.15) is 8.42 Å². The van der Waals surface area contributed by atoms with E-state index < -0.39 is 34.1 Å². The van der Waals surface area contributed by atoms with E-state index in [1.807, 2.05) is 30.3 Å². The maximum atomic E-state index is 12.0. The highest BCUT2D eigenvalue weighted by molar-refractivity contribution is 7.85. The van der Waals surface area contributed by atoms with E-state index in [2.05, 4.69) is 5.32 Å². The van der Waals surface area contributed by atoms with Gasteiger partial charge < -0.3 is 19.5 Å². The molecule has 0 saturated carbocycles. The van der Waals surface area contributed by atoms with Crippen LogP contribution in [-0.4, -0.2) is 51.9 Å². The van der Waals surface area contributed by atoms with Gasteiger partial charge in [0.1, 0.15) is 12.7 Å². The standard InChI is InChI=1S/C16H23NO7S/c1-16(2)22-11-14(24-16)13(10-23-25(3,19)20)17-15(18)21-9-12-7-5-4-6-8-12/h4-8,13-14H,9-11H2,1-3H3,(H,17,18). The third-order valence-corrected chi connectivity index (χ3v) is 4.02. The van der Waals surface area contributed by atoms with Crippen molar-refractivity contribution >= 4 is 16.2 Å². The minimum Gasteiger partial charge on any atom is -0.445 e. The lowest BCUT2D eigenvalue weighted by Crippen LogP contribution is -2.48. The number of alkyl carbamates (subject to hydrolysis) is 1. The molecule has 1 aliphatic heterocycles. The molecular weight excluding hydrogens is 350 g/mol. The van der Waals surface area contributed by atoms with Crippen LogP contribution in [0.5, 0.6) is 0 Å². The van der Waals surface area contributed by atoms with Crippen molar-refractivity contribution < 1.29 is 31.6 Å². The number of hydrogen-bond donors (Lipinski definition) is 1. The van der Waals surface area contributed by atoms with Gasteiger partial charge in [0.05, 0.1) is 25.5 Å². The summed E-state index contributed by atoms with van der Waals surface area (Å²) in [7, 11) is -3.66. The molecule has 1 saturated heterocycles. The number of benzene rings is 1. The molecule has 2 rings (SSSR count). The molecule has 25 heavy (non-hydrogen) atoms. The fourth-order valence-corrected chi connectivity index (χ4v) is 2.66. The van der Waals surface area contributed by atoms with E-state index in [0.717, 1.165) is 11.8 Å². The Labute approximate surface area is 147 Å². The van der Waals surface area contributed by atoms with Gasteiger partial charge in [-0.1, -0.05) is 30.3 Å². The zero-order valence-electron chi connectivity index (χ0n) is 14.4. The minimum absolute atomic E-state index is 0.0971. The molecule has 2 atom stereocenters. The fourth-order valence-electron chi connectivity index (χ4n) is 2.27. The summed E-state index contributed by atoms with van der Waals surface area (Å²) >= 11 is 0. The third kappa shape index (κ3) is 6.99. The first-order valence-corrected chi connectivity index (χ1v) is 9.60. The second-order valence-electron chi connectivity index (χ2n) is 6.17. The monoisotopic (exact) mass is 373 g/mol. The van der Waals surface area contributed by atoms with Crippen molar-refractivity contribution in [3.63, 3.8) is 0 Å². The predicted molar refractivity (Wildman–Crippen MR) is 89.3 cm³/mol. The van der Waals surface area contributed by atoms with Gasteiger partial charge in [-0.15, -0.1) is 0 Å². The molecule has 0 aliphatic carbocycles. The van der Waals surface area contributed by atoms with Gasteiger partial charge in [0.15, 0.2) is 5.79 Å². The molecule has 1 aromatic rings. The van der Waals surface area contributed by atoms with Crippen molar-refractivity contribution in [2.75, 3.05) is 19.5 Å². The first-order chi connectivity index (χ1) is 11.6. The Morgan fingerprint density at radius 3 is 2.60 bits per heavy atom. The normalized spacial score (nSPS) is 20.8. The van der Waals surface area contributed by atoms with Crippen LogP contribution in [0.4, 0.5) is 4.79 Å². The maximum Gasteiger partial charge on any atom is 0.407 e. The van der Waals surface area contributed by atoms with Crippen LogP contribution in [0, 0.1) is 0 Å². The summed E-state index contributed by atoms with van der Waals surface area (Å²) in [5, 5.41) is 2.58. The number of amides is 1. The van der Waals surface area contributed by atoms with Crippen molar-refractivity contribution in [1.29, 1.82) is 0 Å². The zero-order chi connectivity index (χ0) is 18.5. The summed E-state index contributed by atoms with van der Waals surface area (Å²) in [5.74, 6) is -0.816. The van der Waals surface area contributed by atoms with Crippen LogP contribution < -0.4 is 5.32 Å². The summed E-state index contributed by atoms with van der Waals surface area (Å²) in [5.41, 5.74) is 0.836. The maximum absolute atomic E-state index is 12.0. The van der Waals surface area contributed by atoms with Gasteiger partial charge >= 0.3 is 6.09 Å². The summed E-state index contributed by atoms with van der Waals surface area (Å²) in [6.45, 7) is 3.48. The van der Waals surface area contributed by atoms with Gasteiger partial charge in [0.25, 0.3) is 10.1 Å². The Hall–Kier alpha value is -1.68. The van der Waals surface area contributed by atoms with Gasteiger partial charge in [-0.3, -0.25) is 4.18 Å². The Morgan fingerprint density at radius 1 is 1.36 bits per heavy atom. The van der Waals surface area contributed by atoms with E-state index in [4.69, 9.17) is 18.4 Å².